The van der Waals surface area contributed by atoms with E-state index in [1.807, 2.05) is 0 Å². The minimum atomic E-state index is -0.434. The molecular formula is C14H27NO3. The molecule has 4 heteroatoms. The van der Waals surface area contributed by atoms with Crippen LogP contribution >= 0.6 is 0 Å². The quantitative estimate of drug-likeness (QED) is 0.481. The second-order valence-electron chi connectivity index (χ2n) is 5.07. The molecule has 0 aromatic rings. The maximum atomic E-state index is 9.70. The predicted molar refractivity (Wildman–Crippen MR) is 72.6 cm³/mol. The largest absolute Gasteiger partial charge is 0.389 e. The monoisotopic (exact) mass is 257 g/mol. The van der Waals surface area contributed by atoms with Crippen molar-refractivity contribution < 1.29 is 14.6 Å². The van der Waals surface area contributed by atoms with Crippen molar-refractivity contribution in [2.45, 2.75) is 25.9 Å². The zero-order chi connectivity index (χ0) is 13.2. The van der Waals surface area contributed by atoms with Gasteiger partial charge in [0.15, 0.2) is 0 Å². The van der Waals surface area contributed by atoms with E-state index in [9.17, 15) is 5.11 Å². The van der Waals surface area contributed by atoms with E-state index < -0.39 is 6.10 Å². The fourth-order valence-corrected chi connectivity index (χ4v) is 2.10. The van der Waals surface area contributed by atoms with Gasteiger partial charge in [0.1, 0.15) is 0 Å². The van der Waals surface area contributed by atoms with E-state index >= 15 is 0 Å². The molecule has 0 saturated heterocycles. The number of allylic oxidation sites excluding steroid dienone is 2. The smallest absolute Gasteiger partial charge is 0.0897 e. The minimum Gasteiger partial charge on any atom is -0.389 e. The van der Waals surface area contributed by atoms with Gasteiger partial charge in [-0.25, -0.2) is 0 Å². The van der Waals surface area contributed by atoms with Crippen molar-refractivity contribution in [1.82, 2.24) is 5.32 Å². The molecule has 0 aromatic carbocycles. The van der Waals surface area contributed by atoms with Crippen molar-refractivity contribution in [3.05, 3.63) is 12.2 Å². The fraction of sp³-hybridized carbons (Fsp3) is 0.857. The normalized spacial score (nSPS) is 25.3. The van der Waals surface area contributed by atoms with Gasteiger partial charge in [-0.05, 0) is 24.7 Å². The molecule has 106 valence electrons. The van der Waals surface area contributed by atoms with Gasteiger partial charge in [0.25, 0.3) is 0 Å². The van der Waals surface area contributed by atoms with Gasteiger partial charge in [0.05, 0.1) is 25.9 Å². The van der Waals surface area contributed by atoms with E-state index in [2.05, 4.69) is 24.4 Å². The average molecular weight is 257 g/mol. The summed E-state index contributed by atoms with van der Waals surface area (Å²) in [6.07, 6.45) is 6.29. The SMILES string of the molecule is COCCNCC(O)COCC1CC=CCC1C. The molecule has 0 heterocycles. The van der Waals surface area contributed by atoms with Crippen LogP contribution in [0.25, 0.3) is 0 Å². The Bertz CT molecular complexity index is 233. The molecule has 3 unspecified atom stereocenters. The topological polar surface area (TPSA) is 50.7 Å². The molecule has 0 bridgehead atoms. The van der Waals surface area contributed by atoms with Crippen molar-refractivity contribution in [1.29, 1.82) is 0 Å². The Hall–Kier alpha value is -0.420. The van der Waals surface area contributed by atoms with Crippen LogP contribution in [-0.4, -0.2) is 51.2 Å². The molecule has 0 aromatic heterocycles. The molecule has 0 fully saturated rings. The third kappa shape index (κ3) is 6.50. The van der Waals surface area contributed by atoms with Gasteiger partial charge in [-0.15, -0.1) is 0 Å². The van der Waals surface area contributed by atoms with Gasteiger partial charge in [0.2, 0.25) is 0 Å². The lowest BCUT2D eigenvalue weighted by Crippen LogP contribution is -2.33. The van der Waals surface area contributed by atoms with Crippen LogP contribution in [0, 0.1) is 11.8 Å². The highest BCUT2D eigenvalue weighted by molar-refractivity contribution is 4.93. The van der Waals surface area contributed by atoms with Gasteiger partial charge < -0.3 is 19.9 Å². The van der Waals surface area contributed by atoms with Crippen LogP contribution in [0.4, 0.5) is 0 Å². The Labute approximate surface area is 110 Å². The first-order valence-corrected chi connectivity index (χ1v) is 6.84. The van der Waals surface area contributed by atoms with Crippen LogP contribution in [0.1, 0.15) is 19.8 Å². The first kappa shape index (κ1) is 15.6. The first-order valence-electron chi connectivity index (χ1n) is 6.84. The summed E-state index contributed by atoms with van der Waals surface area (Å²) in [4.78, 5) is 0. The summed E-state index contributed by atoms with van der Waals surface area (Å²) in [5.74, 6) is 1.29. The van der Waals surface area contributed by atoms with Crippen molar-refractivity contribution in [3.8, 4) is 0 Å². The van der Waals surface area contributed by atoms with Crippen LogP contribution in [0.3, 0.4) is 0 Å². The number of aliphatic hydroxyl groups excluding tert-OH is 1. The lowest BCUT2D eigenvalue weighted by Gasteiger charge is -2.25. The Morgan fingerprint density at radius 1 is 1.39 bits per heavy atom. The van der Waals surface area contributed by atoms with Crippen LogP contribution < -0.4 is 5.32 Å². The highest BCUT2D eigenvalue weighted by atomic mass is 16.5. The Balaban J connectivity index is 2.01. The molecule has 1 aliphatic carbocycles. The van der Waals surface area contributed by atoms with E-state index in [1.165, 1.54) is 0 Å². The van der Waals surface area contributed by atoms with E-state index in [4.69, 9.17) is 9.47 Å². The van der Waals surface area contributed by atoms with Gasteiger partial charge in [-0.2, -0.15) is 0 Å². The molecular weight excluding hydrogens is 230 g/mol. The van der Waals surface area contributed by atoms with Crippen LogP contribution in [0.15, 0.2) is 12.2 Å². The predicted octanol–water partition coefficient (Wildman–Crippen LogP) is 1.20. The Morgan fingerprint density at radius 3 is 2.89 bits per heavy atom. The summed E-state index contributed by atoms with van der Waals surface area (Å²) in [6.45, 7) is 5.41. The lowest BCUT2D eigenvalue weighted by atomic mass is 9.85. The van der Waals surface area contributed by atoms with E-state index in [1.54, 1.807) is 7.11 Å². The number of hydrogen-bond donors (Lipinski definition) is 2. The summed E-state index contributed by atoms with van der Waals surface area (Å²) in [7, 11) is 1.67. The van der Waals surface area contributed by atoms with Crippen molar-refractivity contribution in [2.24, 2.45) is 11.8 Å². The zero-order valence-corrected chi connectivity index (χ0v) is 11.6. The molecule has 4 nitrogen and oxygen atoms in total. The van der Waals surface area contributed by atoms with Gasteiger partial charge in [-0.3, -0.25) is 0 Å². The highest BCUT2D eigenvalue weighted by Crippen LogP contribution is 2.24. The molecule has 1 rings (SSSR count). The van der Waals surface area contributed by atoms with Crippen molar-refractivity contribution in [3.63, 3.8) is 0 Å². The molecule has 18 heavy (non-hydrogen) atoms. The van der Waals surface area contributed by atoms with Crippen molar-refractivity contribution >= 4 is 0 Å². The van der Waals surface area contributed by atoms with Gasteiger partial charge in [0, 0.05) is 20.2 Å². The third-order valence-corrected chi connectivity index (χ3v) is 3.42. The van der Waals surface area contributed by atoms with Crippen LogP contribution in [0.5, 0.6) is 0 Å². The number of rotatable bonds is 9. The minimum absolute atomic E-state index is 0.410. The standard InChI is InChI=1S/C14H27NO3/c1-12-5-3-4-6-13(12)10-18-11-14(16)9-15-7-8-17-2/h3-4,12-16H,5-11H2,1-2H3. The number of nitrogens with one attached hydrogen (secondary N) is 1. The maximum Gasteiger partial charge on any atom is 0.0897 e. The molecule has 0 saturated carbocycles. The summed E-state index contributed by atoms with van der Waals surface area (Å²) in [5, 5.41) is 12.8. The van der Waals surface area contributed by atoms with Crippen LogP contribution in [-0.2, 0) is 9.47 Å². The molecule has 0 aliphatic heterocycles. The number of aliphatic hydroxyl groups is 1. The number of methoxy groups -OCH3 is 1. The Kier molecular flexibility index (Phi) is 8.25. The Morgan fingerprint density at radius 2 is 2.17 bits per heavy atom. The third-order valence-electron chi connectivity index (χ3n) is 3.42. The fourth-order valence-electron chi connectivity index (χ4n) is 2.10. The highest BCUT2D eigenvalue weighted by Gasteiger charge is 2.18. The van der Waals surface area contributed by atoms with Gasteiger partial charge in [-0.1, -0.05) is 19.1 Å². The molecule has 3 atom stereocenters. The summed E-state index contributed by atoms with van der Waals surface area (Å²) in [6, 6.07) is 0. The van der Waals surface area contributed by atoms with Crippen molar-refractivity contribution in [2.75, 3.05) is 40.0 Å². The second-order valence-corrected chi connectivity index (χ2v) is 5.07. The number of hydrogen-bond acceptors (Lipinski definition) is 4. The van der Waals surface area contributed by atoms with E-state index in [0.29, 0.717) is 31.6 Å². The molecule has 0 amide bonds. The summed E-state index contributed by atoms with van der Waals surface area (Å²) < 4.78 is 10.5. The van der Waals surface area contributed by atoms with Gasteiger partial charge >= 0.3 is 0 Å². The summed E-state index contributed by atoms with van der Waals surface area (Å²) >= 11 is 0. The molecule has 2 N–H and O–H groups in total. The van der Waals surface area contributed by atoms with E-state index in [0.717, 1.165) is 26.0 Å². The zero-order valence-electron chi connectivity index (χ0n) is 11.6. The number of ether oxygens (including phenoxy) is 2. The maximum absolute atomic E-state index is 9.70. The average Bonchev–Trinajstić information content (AvgIpc) is 2.37. The molecule has 0 spiro atoms. The molecule has 0 radical (unpaired) electrons. The van der Waals surface area contributed by atoms with E-state index in [-0.39, 0.29) is 0 Å². The van der Waals surface area contributed by atoms with Crippen LogP contribution in [0.2, 0.25) is 0 Å². The molecule has 1 aliphatic rings. The first-order chi connectivity index (χ1) is 8.74. The second kappa shape index (κ2) is 9.50. The summed E-state index contributed by atoms with van der Waals surface area (Å²) in [5.41, 5.74) is 0. The lowest BCUT2D eigenvalue weighted by molar-refractivity contribution is 0.0124.